The number of nitrogens with one attached hydrogen (secondary N) is 1. The van der Waals surface area contributed by atoms with Crippen LogP contribution < -0.4 is 23.8 Å². The molecular formula is C20H24N2O6S. The first kappa shape index (κ1) is 20.8. The molecule has 1 heterocycles. The molecule has 0 aromatic heterocycles. The first-order valence-electron chi connectivity index (χ1n) is 9.00. The number of hydrogen-bond acceptors (Lipinski definition) is 6. The molecule has 0 saturated heterocycles. The van der Waals surface area contributed by atoms with Crippen molar-refractivity contribution in [3.63, 3.8) is 0 Å². The number of rotatable bonds is 6. The maximum atomic E-state index is 12.8. The van der Waals surface area contributed by atoms with Crippen LogP contribution >= 0.6 is 0 Å². The molecule has 1 aliphatic rings. The molecule has 0 saturated carbocycles. The van der Waals surface area contributed by atoms with E-state index in [1.54, 1.807) is 43.5 Å². The Labute approximate surface area is 170 Å². The number of benzene rings is 2. The fourth-order valence-corrected chi connectivity index (χ4v) is 4.08. The van der Waals surface area contributed by atoms with Crippen molar-refractivity contribution in [2.75, 3.05) is 31.3 Å². The van der Waals surface area contributed by atoms with Crippen molar-refractivity contribution >= 4 is 21.6 Å². The Bertz CT molecular complexity index is 1010. The summed E-state index contributed by atoms with van der Waals surface area (Å²) >= 11 is 0. The summed E-state index contributed by atoms with van der Waals surface area (Å²) in [5, 5.41) is 2.88. The predicted octanol–water partition coefficient (Wildman–Crippen LogP) is 2.11. The Morgan fingerprint density at radius 2 is 1.86 bits per heavy atom. The minimum atomic E-state index is -3.56. The maximum absolute atomic E-state index is 12.8. The van der Waals surface area contributed by atoms with Gasteiger partial charge in [0.2, 0.25) is 10.0 Å². The molecule has 1 aliphatic heterocycles. The van der Waals surface area contributed by atoms with Gasteiger partial charge in [-0.2, -0.15) is 0 Å². The average Bonchev–Trinajstić information content (AvgIpc) is 2.71. The molecule has 8 nitrogen and oxygen atoms in total. The van der Waals surface area contributed by atoms with E-state index in [1.807, 2.05) is 13.0 Å². The largest absolute Gasteiger partial charge is 0.493 e. The third-order valence-corrected chi connectivity index (χ3v) is 5.84. The fraction of sp³-hybridized carbons (Fsp3) is 0.350. The van der Waals surface area contributed by atoms with Crippen molar-refractivity contribution < 1.29 is 27.4 Å². The first-order chi connectivity index (χ1) is 13.7. The molecule has 2 atom stereocenters. The number of anilines is 1. The smallest absolute Gasteiger partial charge is 0.263 e. The molecule has 1 N–H and O–H groups in total. The number of carbonyl (C=O) groups excluding carboxylic acids is 1. The third-order valence-electron chi connectivity index (χ3n) is 4.69. The molecule has 156 valence electrons. The average molecular weight is 420 g/mol. The monoisotopic (exact) mass is 420 g/mol. The lowest BCUT2D eigenvalue weighted by atomic mass is 10.1. The zero-order valence-corrected chi connectivity index (χ0v) is 17.5. The van der Waals surface area contributed by atoms with Gasteiger partial charge in [0.25, 0.3) is 5.91 Å². The van der Waals surface area contributed by atoms with Gasteiger partial charge in [-0.1, -0.05) is 18.2 Å². The van der Waals surface area contributed by atoms with Gasteiger partial charge in [-0.05, 0) is 36.8 Å². The normalized spacial score (nSPS) is 17.0. The number of fused-ring (bicyclic) bond motifs is 1. The Hall–Kier alpha value is -2.94. The highest BCUT2D eigenvalue weighted by molar-refractivity contribution is 7.92. The molecule has 9 heteroatoms. The lowest BCUT2D eigenvalue weighted by Gasteiger charge is -2.34. The highest BCUT2D eigenvalue weighted by Crippen LogP contribution is 2.35. The molecule has 1 amide bonds. The summed E-state index contributed by atoms with van der Waals surface area (Å²) < 4.78 is 41.9. The summed E-state index contributed by atoms with van der Waals surface area (Å²) in [6.45, 7) is 1.73. The van der Waals surface area contributed by atoms with Crippen LogP contribution in [-0.4, -0.2) is 47.4 Å². The van der Waals surface area contributed by atoms with Gasteiger partial charge >= 0.3 is 0 Å². The highest BCUT2D eigenvalue weighted by Gasteiger charge is 2.35. The van der Waals surface area contributed by atoms with E-state index < -0.39 is 22.0 Å². The van der Waals surface area contributed by atoms with Crippen LogP contribution in [0.1, 0.15) is 18.5 Å². The van der Waals surface area contributed by atoms with E-state index in [0.717, 1.165) is 11.8 Å². The van der Waals surface area contributed by atoms with Crippen molar-refractivity contribution in [2.24, 2.45) is 0 Å². The van der Waals surface area contributed by atoms with Crippen LogP contribution in [0.5, 0.6) is 17.2 Å². The van der Waals surface area contributed by atoms with Crippen LogP contribution in [0.25, 0.3) is 0 Å². The number of carbonyl (C=O) groups is 1. The quantitative estimate of drug-likeness (QED) is 0.769. The topological polar surface area (TPSA) is 94.2 Å². The van der Waals surface area contributed by atoms with Gasteiger partial charge in [0.15, 0.2) is 17.6 Å². The van der Waals surface area contributed by atoms with Gasteiger partial charge in [-0.25, -0.2) is 8.42 Å². The fourth-order valence-electron chi connectivity index (χ4n) is 3.16. The summed E-state index contributed by atoms with van der Waals surface area (Å²) in [6.07, 6.45) is 0.137. The number of para-hydroxylation sites is 2. The molecule has 0 bridgehead atoms. The summed E-state index contributed by atoms with van der Waals surface area (Å²) in [7, 11) is -0.470. The van der Waals surface area contributed by atoms with Crippen LogP contribution in [0.15, 0.2) is 42.5 Å². The van der Waals surface area contributed by atoms with E-state index in [2.05, 4.69) is 5.32 Å². The minimum absolute atomic E-state index is 0.0969. The molecule has 2 aromatic rings. The summed E-state index contributed by atoms with van der Waals surface area (Å²) in [4.78, 5) is 12.8. The molecule has 2 unspecified atom stereocenters. The lowest BCUT2D eigenvalue weighted by Crippen LogP contribution is -2.50. The standard InChI is InChI=1S/C20H24N2O6S/c1-13(14-9-10-17(26-2)18(11-14)27-3)21-20(23)19-12-22(29(4,24)25)15-7-5-6-8-16(15)28-19/h5-11,13,19H,12H2,1-4H3,(H,21,23). The minimum Gasteiger partial charge on any atom is -0.493 e. The summed E-state index contributed by atoms with van der Waals surface area (Å²) in [6, 6.07) is 11.8. The SMILES string of the molecule is COc1ccc(C(C)NC(=O)C2CN(S(C)(=O)=O)c3ccccc3O2)cc1OC. The molecule has 29 heavy (non-hydrogen) atoms. The van der Waals surface area contributed by atoms with E-state index in [-0.39, 0.29) is 12.6 Å². The molecule has 0 fully saturated rings. The van der Waals surface area contributed by atoms with E-state index >= 15 is 0 Å². The second-order valence-electron chi connectivity index (χ2n) is 6.71. The number of sulfonamides is 1. The second-order valence-corrected chi connectivity index (χ2v) is 8.62. The van der Waals surface area contributed by atoms with Crippen LogP contribution in [0.2, 0.25) is 0 Å². The van der Waals surface area contributed by atoms with Crippen molar-refractivity contribution in [1.82, 2.24) is 5.32 Å². The third kappa shape index (κ3) is 4.40. The summed E-state index contributed by atoms with van der Waals surface area (Å²) in [5.74, 6) is 1.08. The second kappa shape index (κ2) is 8.20. The molecule has 2 aromatic carbocycles. The number of ether oxygens (including phenoxy) is 3. The Morgan fingerprint density at radius 1 is 1.17 bits per heavy atom. The molecular weight excluding hydrogens is 396 g/mol. The van der Waals surface area contributed by atoms with Gasteiger partial charge in [0, 0.05) is 0 Å². The maximum Gasteiger partial charge on any atom is 0.263 e. The summed E-state index contributed by atoms with van der Waals surface area (Å²) in [5.41, 5.74) is 1.24. The van der Waals surface area contributed by atoms with Crippen LogP contribution in [0.4, 0.5) is 5.69 Å². The van der Waals surface area contributed by atoms with Crippen LogP contribution in [0.3, 0.4) is 0 Å². The zero-order chi connectivity index (χ0) is 21.2. The van der Waals surface area contributed by atoms with Gasteiger partial charge in [0.05, 0.1) is 38.7 Å². The van der Waals surface area contributed by atoms with E-state index in [1.165, 1.54) is 11.4 Å². The van der Waals surface area contributed by atoms with E-state index in [4.69, 9.17) is 14.2 Å². The molecule has 0 spiro atoms. The molecule has 0 aliphatic carbocycles. The predicted molar refractivity (Wildman–Crippen MR) is 109 cm³/mol. The highest BCUT2D eigenvalue weighted by atomic mass is 32.2. The number of methoxy groups -OCH3 is 2. The van der Waals surface area contributed by atoms with Gasteiger partial charge in [-0.3, -0.25) is 9.10 Å². The Morgan fingerprint density at radius 3 is 2.52 bits per heavy atom. The van der Waals surface area contributed by atoms with Crippen molar-refractivity contribution in [3.05, 3.63) is 48.0 Å². The first-order valence-corrected chi connectivity index (χ1v) is 10.8. The number of hydrogen-bond donors (Lipinski definition) is 1. The van der Waals surface area contributed by atoms with Crippen molar-refractivity contribution in [1.29, 1.82) is 0 Å². The Kier molecular flexibility index (Phi) is 5.88. The van der Waals surface area contributed by atoms with Crippen molar-refractivity contribution in [2.45, 2.75) is 19.1 Å². The van der Waals surface area contributed by atoms with Gasteiger partial charge in [0.1, 0.15) is 5.75 Å². The number of nitrogens with zero attached hydrogens (tertiary/aromatic N) is 1. The number of amides is 1. The van der Waals surface area contributed by atoms with Crippen LogP contribution in [-0.2, 0) is 14.8 Å². The Balaban J connectivity index is 1.79. The van der Waals surface area contributed by atoms with Crippen molar-refractivity contribution in [3.8, 4) is 17.2 Å². The zero-order valence-electron chi connectivity index (χ0n) is 16.7. The molecule has 0 radical (unpaired) electrons. The van der Waals surface area contributed by atoms with Gasteiger partial charge < -0.3 is 19.5 Å². The lowest BCUT2D eigenvalue weighted by molar-refractivity contribution is -0.128. The van der Waals surface area contributed by atoms with E-state index in [0.29, 0.717) is 22.9 Å². The van der Waals surface area contributed by atoms with Gasteiger partial charge in [-0.15, -0.1) is 0 Å². The van der Waals surface area contributed by atoms with Crippen LogP contribution in [0, 0.1) is 0 Å². The molecule has 3 rings (SSSR count). The van der Waals surface area contributed by atoms with E-state index in [9.17, 15) is 13.2 Å².